The Morgan fingerprint density at radius 2 is 1.50 bits per heavy atom. The molecule has 0 radical (unpaired) electrons. The third kappa shape index (κ3) is 3.84. The van der Waals surface area contributed by atoms with Crippen molar-refractivity contribution in [3.05, 3.63) is 64.2 Å². The minimum absolute atomic E-state index is 0.0171. The van der Waals surface area contributed by atoms with Crippen molar-refractivity contribution in [2.45, 2.75) is 39.5 Å². The van der Waals surface area contributed by atoms with E-state index in [0.29, 0.717) is 5.69 Å². The Hall–Kier alpha value is -3.32. The molecule has 168 valence electrons. The lowest BCUT2D eigenvalue weighted by Gasteiger charge is -2.25. The Balaban J connectivity index is 2.16. The van der Waals surface area contributed by atoms with E-state index in [1.54, 1.807) is 6.07 Å². The van der Waals surface area contributed by atoms with Crippen molar-refractivity contribution in [2.24, 2.45) is 0 Å². The normalized spacial score (nSPS) is 13.2. The van der Waals surface area contributed by atoms with Crippen molar-refractivity contribution in [3.63, 3.8) is 0 Å². The molecule has 4 amide bonds. The molecular weight excluding hydrogens is 408 g/mol. The highest BCUT2D eigenvalue weighted by Gasteiger charge is 2.42. The summed E-state index contributed by atoms with van der Waals surface area (Å²) in [4.78, 5) is 54.3. The molecule has 7 nitrogen and oxygen atoms in total. The van der Waals surface area contributed by atoms with Gasteiger partial charge >= 0.3 is 0 Å². The molecular formula is C25H28N2O5. The lowest BCUT2D eigenvalue weighted by Crippen LogP contribution is -2.37. The van der Waals surface area contributed by atoms with Crippen LogP contribution in [-0.2, 0) is 9.53 Å². The second-order valence-electron chi connectivity index (χ2n) is 8.46. The zero-order valence-electron chi connectivity index (χ0n) is 19.3. The first-order chi connectivity index (χ1) is 15.1. The molecule has 1 heterocycles. The van der Waals surface area contributed by atoms with Gasteiger partial charge in [0.1, 0.15) is 6.61 Å². The first-order valence-corrected chi connectivity index (χ1v) is 10.6. The summed E-state index contributed by atoms with van der Waals surface area (Å²) in [6, 6.07) is 10.3. The molecule has 7 heteroatoms. The van der Waals surface area contributed by atoms with Gasteiger partial charge in [0.2, 0.25) is 0 Å². The summed E-state index contributed by atoms with van der Waals surface area (Å²) in [5.41, 5.74) is 2.53. The molecule has 0 aromatic heterocycles. The van der Waals surface area contributed by atoms with Gasteiger partial charge in [0.05, 0.1) is 22.4 Å². The highest BCUT2D eigenvalue weighted by Crippen LogP contribution is 2.40. The SMILES string of the molecule is COCC(=O)N(C)C(=O)c1cccc2c1C(=O)N(c1c(C(C)C)cccc1C(C)C)C2=O. The maximum Gasteiger partial charge on any atom is 0.266 e. The van der Waals surface area contributed by atoms with Crippen LogP contribution in [0.2, 0.25) is 0 Å². The number of nitrogens with zero attached hydrogens (tertiary/aromatic N) is 2. The fraction of sp³-hybridized carbons (Fsp3) is 0.360. The van der Waals surface area contributed by atoms with E-state index in [-0.39, 0.29) is 35.1 Å². The summed E-state index contributed by atoms with van der Waals surface area (Å²) >= 11 is 0. The summed E-state index contributed by atoms with van der Waals surface area (Å²) in [7, 11) is 2.68. The minimum Gasteiger partial charge on any atom is -0.375 e. The highest BCUT2D eigenvalue weighted by atomic mass is 16.5. The number of para-hydroxylation sites is 1. The topological polar surface area (TPSA) is 84.0 Å². The van der Waals surface area contributed by atoms with Crippen LogP contribution in [-0.4, -0.2) is 49.3 Å². The molecule has 0 aliphatic carbocycles. The molecule has 0 fully saturated rings. The van der Waals surface area contributed by atoms with E-state index < -0.39 is 23.6 Å². The maximum absolute atomic E-state index is 13.6. The number of anilines is 1. The van der Waals surface area contributed by atoms with Gasteiger partial charge in [0.25, 0.3) is 23.6 Å². The third-order valence-electron chi connectivity index (χ3n) is 5.66. The van der Waals surface area contributed by atoms with E-state index in [4.69, 9.17) is 4.74 Å². The number of likely N-dealkylation sites (N-methyl/N-ethyl adjacent to an activating group) is 1. The zero-order chi connectivity index (χ0) is 23.7. The molecule has 1 aliphatic heterocycles. The van der Waals surface area contributed by atoms with Crippen molar-refractivity contribution in [1.82, 2.24) is 4.90 Å². The van der Waals surface area contributed by atoms with Gasteiger partial charge in [-0.3, -0.25) is 24.1 Å². The fourth-order valence-electron chi connectivity index (χ4n) is 3.95. The summed E-state index contributed by atoms with van der Waals surface area (Å²) < 4.78 is 4.81. The first-order valence-electron chi connectivity index (χ1n) is 10.6. The zero-order valence-corrected chi connectivity index (χ0v) is 19.3. The molecule has 2 aromatic rings. The van der Waals surface area contributed by atoms with Crippen LogP contribution in [0.3, 0.4) is 0 Å². The van der Waals surface area contributed by atoms with Crippen LogP contribution < -0.4 is 4.90 Å². The van der Waals surface area contributed by atoms with Gasteiger partial charge in [-0.15, -0.1) is 0 Å². The third-order valence-corrected chi connectivity index (χ3v) is 5.66. The van der Waals surface area contributed by atoms with Crippen LogP contribution >= 0.6 is 0 Å². The Morgan fingerprint density at radius 3 is 2.03 bits per heavy atom. The van der Waals surface area contributed by atoms with Gasteiger partial charge in [-0.25, -0.2) is 4.90 Å². The maximum atomic E-state index is 13.6. The first kappa shape index (κ1) is 23.3. The van der Waals surface area contributed by atoms with Gasteiger partial charge in [-0.1, -0.05) is 52.0 Å². The quantitative estimate of drug-likeness (QED) is 0.640. The average Bonchev–Trinajstić information content (AvgIpc) is 3.02. The Morgan fingerprint density at radius 1 is 0.938 bits per heavy atom. The second kappa shape index (κ2) is 9.04. The Bertz CT molecular complexity index is 1080. The van der Waals surface area contributed by atoms with Crippen LogP contribution in [0.4, 0.5) is 5.69 Å². The summed E-state index contributed by atoms with van der Waals surface area (Å²) in [6.45, 7) is 7.76. The molecule has 2 aromatic carbocycles. The van der Waals surface area contributed by atoms with E-state index in [0.717, 1.165) is 16.0 Å². The molecule has 0 unspecified atom stereocenters. The number of hydrogen-bond acceptors (Lipinski definition) is 5. The highest BCUT2D eigenvalue weighted by molar-refractivity contribution is 6.37. The number of amides is 4. The number of ether oxygens (including phenoxy) is 1. The lowest BCUT2D eigenvalue weighted by atomic mass is 9.92. The van der Waals surface area contributed by atoms with E-state index in [2.05, 4.69) is 0 Å². The number of hydrogen-bond donors (Lipinski definition) is 0. The van der Waals surface area contributed by atoms with Gasteiger partial charge < -0.3 is 4.74 Å². The van der Waals surface area contributed by atoms with Crippen molar-refractivity contribution in [3.8, 4) is 0 Å². The minimum atomic E-state index is -0.659. The smallest absolute Gasteiger partial charge is 0.266 e. The molecule has 32 heavy (non-hydrogen) atoms. The van der Waals surface area contributed by atoms with Crippen molar-refractivity contribution in [2.75, 3.05) is 25.7 Å². The summed E-state index contributed by atoms with van der Waals surface area (Å²) in [6.07, 6.45) is 0. The van der Waals surface area contributed by atoms with E-state index in [1.807, 2.05) is 45.9 Å². The predicted octanol–water partition coefficient (Wildman–Crippen LogP) is 3.98. The predicted molar refractivity (Wildman–Crippen MR) is 121 cm³/mol. The van der Waals surface area contributed by atoms with Crippen molar-refractivity contribution in [1.29, 1.82) is 0 Å². The average molecular weight is 437 g/mol. The molecule has 0 spiro atoms. The van der Waals surface area contributed by atoms with Crippen LogP contribution in [0, 0.1) is 0 Å². The number of rotatable bonds is 6. The number of methoxy groups -OCH3 is 1. The Labute approximate surface area is 188 Å². The van der Waals surface area contributed by atoms with Crippen LogP contribution in [0.5, 0.6) is 0 Å². The van der Waals surface area contributed by atoms with Crippen LogP contribution in [0.1, 0.15) is 81.7 Å². The molecule has 3 rings (SSSR count). The van der Waals surface area contributed by atoms with E-state index >= 15 is 0 Å². The largest absolute Gasteiger partial charge is 0.375 e. The van der Waals surface area contributed by atoms with Gasteiger partial charge in [-0.2, -0.15) is 0 Å². The molecule has 0 saturated carbocycles. The molecule has 0 N–H and O–H groups in total. The van der Waals surface area contributed by atoms with Gasteiger partial charge in [-0.05, 0) is 35.1 Å². The fourth-order valence-corrected chi connectivity index (χ4v) is 3.95. The Kier molecular flexibility index (Phi) is 6.60. The molecule has 0 atom stereocenters. The standard InChI is InChI=1S/C25H28N2O5/c1-14(2)16-9-7-10-17(15(3)4)22(16)27-24(30)19-12-8-11-18(21(19)25(27)31)23(29)26(5)20(28)13-32-6/h7-12,14-15H,13H2,1-6H3. The monoisotopic (exact) mass is 436 g/mol. The molecule has 0 saturated heterocycles. The second-order valence-corrected chi connectivity index (χ2v) is 8.46. The van der Waals surface area contributed by atoms with Crippen molar-refractivity contribution >= 4 is 29.3 Å². The number of imide groups is 2. The van der Waals surface area contributed by atoms with Gasteiger partial charge in [0.15, 0.2) is 0 Å². The number of fused-ring (bicyclic) bond motifs is 1. The van der Waals surface area contributed by atoms with Gasteiger partial charge in [0, 0.05) is 14.2 Å². The number of benzene rings is 2. The van der Waals surface area contributed by atoms with E-state index in [1.165, 1.54) is 31.2 Å². The van der Waals surface area contributed by atoms with Crippen LogP contribution in [0.25, 0.3) is 0 Å². The lowest BCUT2D eigenvalue weighted by molar-refractivity contribution is -0.131. The van der Waals surface area contributed by atoms with Crippen molar-refractivity contribution < 1.29 is 23.9 Å². The number of carbonyl (C=O) groups is 4. The molecule has 0 bridgehead atoms. The molecule has 1 aliphatic rings. The van der Waals surface area contributed by atoms with Crippen LogP contribution in [0.15, 0.2) is 36.4 Å². The van der Waals surface area contributed by atoms with E-state index in [9.17, 15) is 19.2 Å². The summed E-state index contributed by atoms with van der Waals surface area (Å²) in [5.74, 6) is -2.08. The number of carbonyl (C=O) groups excluding carboxylic acids is 4. The summed E-state index contributed by atoms with van der Waals surface area (Å²) in [5, 5.41) is 0.